The molecule has 2 aliphatic heterocycles. The van der Waals surface area contributed by atoms with Crippen molar-refractivity contribution in [1.29, 1.82) is 0 Å². The molecule has 39 heavy (non-hydrogen) atoms. The van der Waals surface area contributed by atoms with Gasteiger partial charge in [0.05, 0.1) is 26.3 Å². The van der Waals surface area contributed by atoms with Crippen LogP contribution in [0.15, 0.2) is 36.7 Å². The van der Waals surface area contributed by atoms with Gasteiger partial charge in [-0.2, -0.15) is 0 Å². The highest BCUT2D eigenvalue weighted by Gasteiger charge is 2.29. The molecule has 0 aliphatic carbocycles. The molecule has 2 aromatic carbocycles. The van der Waals surface area contributed by atoms with E-state index in [9.17, 15) is 10.1 Å². The first kappa shape index (κ1) is 26.1. The molecule has 5 rings (SSSR count). The van der Waals surface area contributed by atoms with Gasteiger partial charge in [0, 0.05) is 39.3 Å². The molecule has 1 saturated heterocycles. The number of hydrogen-bond donors (Lipinski definition) is 1. The third-order valence-corrected chi connectivity index (χ3v) is 6.68. The predicted octanol–water partition coefficient (Wildman–Crippen LogP) is 3.07. The SMILES string of the molecule is COc1cc(CNc2ncnc(N3CCN(Cc4ccc5c(c4)OCO5)CC3)c2[N+](=O)[O-])cc(OC)c1OC. The molecule has 1 aromatic heterocycles. The van der Waals surface area contributed by atoms with Crippen LogP contribution in [0.3, 0.4) is 0 Å². The predicted molar refractivity (Wildman–Crippen MR) is 142 cm³/mol. The smallest absolute Gasteiger partial charge is 0.353 e. The van der Waals surface area contributed by atoms with Crippen LogP contribution in [0.5, 0.6) is 28.7 Å². The summed E-state index contributed by atoms with van der Waals surface area (Å²) in [5, 5.41) is 15.2. The Hall–Kier alpha value is -4.52. The highest BCUT2D eigenvalue weighted by atomic mass is 16.7. The molecule has 1 fully saturated rings. The Morgan fingerprint density at radius 1 is 0.949 bits per heavy atom. The monoisotopic (exact) mass is 538 g/mol. The average Bonchev–Trinajstić information content (AvgIpc) is 3.43. The summed E-state index contributed by atoms with van der Waals surface area (Å²) < 4.78 is 27.1. The van der Waals surface area contributed by atoms with Crippen LogP contribution in [0.1, 0.15) is 11.1 Å². The summed E-state index contributed by atoms with van der Waals surface area (Å²) in [7, 11) is 4.59. The lowest BCUT2D eigenvalue weighted by Gasteiger charge is -2.35. The van der Waals surface area contributed by atoms with Crippen LogP contribution in [0.4, 0.5) is 17.3 Å². The zero-order valence-electron chi connectivity index (χ0n) is 22.0. The quantitative estimate of drug-likeness (QED) is 0.300. The lowest BCUT2D eigenvalue weighted by molar-refractivity contribution is -0.383. The number of benzene rings is 2. The summed E-state index contributed by atoms with van der Waals surface area (Å²) in [6.07, 6.45) is 1.35. The normalized spacial score (nSPS) is 14.7. The fourth-order valence-corrected chi connectivity index (χ4v) is 4.74. The number of methoxy groups -OCH3 is 3. The maximum absolute atomic E-state index is 12.1. The van der Waals surface area contributed by atoms with Crippen LogP contribution in [-0.4, -0.2) is 74.1 Å². The van der Waals surface area contributed by atoms with Crippen LogP contribution in [0.25, 0.3) is 0 Å². The Labute approximate surface area is 225 Å². The topological polar surface area (TPSA) is 134 Å². The van der Waals surface area contributed by atoms with E-state index in [4.69, 9.17) is 23.7 Å². The van der Waals surface area contributed by atoms with Gasteiger partial charge >= 0.3 is 5.69 Å². The van der Waals surface area contributed by atoms with Crippen molar-refractivity contribution in [1.82, 2.24) is 14.9 Å². The number of hydrogen-bond acceptors (Lipinski definition) is 12. The molecular weight excluding hydrogens is 508 g/mol. The Morgan fingerprint density at radius 3 is 2.33 bits per heavy atom. The number of aromatic nitrogens is 2. The van der Waals surface area contributed by atoms with E-state index in [1.165, 1.54) is 27.7 Å². The average molecular weight is 539 g/mol. The van der Waals surface area contributed by atoms with Gasteiger partial charge in [0.1, 0.15) is 6.33 Å². The maximum Gasteiger partial charge on any atom is 0.353 e. The van der Waals surface area contributed by atoms with Gasteiger partial charge in [-0.05, 0) is 35.4 Å². The fourth-order valence-electron chi connectivity index (χ4n) is 4.74. The molecule has 13 heteroatoms. The van der Waals surface area contributed by atoms with Gasteiger partial charge in [-0.3, -0.25) is 15.0 Å². The molecule has 3 aromatic rings. The Kier molecular flexibility index (Phi) is 7.68. The first-order valence-electron chi connectivity index (χ1n) is 12.4. The lowest BCUT2D eigenvalue weighted by atomic mass is 10.1. The van der Waals surface area contributed by atoms with E-state index in [1.807, 2.05) is 23.1 Å². The summed E-state index contributed by atoms with van der Waals surface area (Å²) in [6, 6.07) is 9.51. The summed E-state index contributed by atoms with van der Waals surface area (Å²) in [4.78, 5) is 24.4. The number of rotatable bonds is 10. The third-order valence-electron chi connectivity index (χ3n) is 6.68. The zero-order valence-corrected chi connectivity index (χ0v) is 22.0. The molecule has 0 radical (unpaired) electrons. The summed E-state index contributed by atoms with van der Waals surface area (Å²) in [5.41, 5.74) is 1.74. The maximum atomic E-state index is 12.1. The van der Waals surface area contributed by atoms with Crippen molar-refractivity contribution >= 4 is 17.3 Å². The molecule has 0 atom stereocenters. The third kappa shape index (κ3) is 5.53. The second-order valence-electron chi connectivity index (χ2n) is 8.99. The summed E-state index contributed by atoms with van der Waals surface area (Å²) >= 11 is 0. The van der Waals surface area contributed by atoms with E-state index in [1.54, 1.807) is 12.1 Å². The number of fused-ring (bicyclic) bond motifs is 1. The Bertz CT molecular complexity index is 1320. The molecule has 3 heterocycles. The first-order valence-corrected chi connectivity index (χ1v) is 12.4. The number of nitro groups is 1. The molecule has 0 saturated carbocycles. The standard InChI is InChI=1S/C26H30N6O7/c1-35-21-11-18(12-22(36-2)24(21)37-3)13-27-25-23(32(33)34)26(29-15-28-25)31-8-6-30(7-9-31)14-17-4-5-19-20(10-17)39-16-38-19/h4-5,10-12,15H,6-9,13-14,16H2,1-3H3,(H,27,28,29). The van der Waals surface area contributed by atoms with E-state index in [-0.39, 0.29) is 24.8 Å². The van der Waals surface area contributed by atoms with Crippen molar-refractivity contribution in [3.63, 3.8) is 0 Å². The Balaban J connectivity index is 1.27. The number of anilines is 2. The van der Waals surface area contributed by atoms with E-state index >= 15 is 0 Å². The van der Waals surface area contributed by atoms with Gasteiger partial charge in [0.2, 0.25) is 24.2 Å². The number of nitrogens with zero attached hydrogens (tertiary/aromatic N) is 5. The summed E-state index contributed by atoms with van der Waals surface area (Å²) in [5.74, 6) is 3.40. The highest BCUT2D eigenvalue weighted by Crippen LogP contribution is 2.39. The van der Waals surface area contributed by atoms with Gasteiger partial charge < -0.3 is 33.9 Å². The van der Waals surface area contributed by atoms with Crippen LogP contribution < -0.4 is 33.9 Å². The van der Waals surface area contributed by atoms with Gasteiger partial charge in [0.25, 0.3) is 0 Å². The van der Waals surface area contributed by atoms with Crippen LogP contribution in [0.2, 0.25) is 0 Å². The van der Waals surface area contributed by atoms with Crippen molar-refractivity contribution in [3.05, 3.63) is 57.9 Å². The van der Waals surface area contributed by atoms with Crippen molar-refractivity contribution in [2.24, 2.45) is 0 Å². The zero-order chi connectivity index (χ0) is 27.4. The van der Waals surface area contributed by atoms with Gasteiger partial charge in [-0.15, -0.1) is 0 Å². The minimum Gasteiger partial charge on any atom is -0.493 e. The molecular formula is C26H30N6O7. The molecule has 13 nitrogen and oxygen atoms in total. The molecule has 0 amide bonds. The van der Waals surface area contributed by atoms with E-state index in [2.05, 4.69) is 20.2 Å². The molecule has 2 aliphatic rings. The van der Waals surface area contributed by atoms with Crippen molar-refractivity contribution < 1.29 is 28.6 Å². The van der Waals surface area contributed by atoms with Crippen LogP contribution >= 0.6 is 0 Å². The van der Waals surface area contributed by atoms with Crippen molar-refractivity contribution in [2.45, 2.75) is 13.1 Å². The molecule has 0 spiro atoms. The number of ether oxygens (including phenoxy) is 5. The van der Waals surface area contributed by atoms with Gasteiger partial charge in [-0.25, -0.2) is 9.97 Å². The molecule has 0 unspecified atom stereocenters. The highest BCUT2D eigenvalue weighted by molar-refractivity contribution is 5.70. The minimum atomic E-state index is -0.439. The number of nitrogens with one attached hydrogen (secondary N) is 1. The van der Waals surface area contributed by atoms with E-state index < -0.39 is 4.92 Å². The first-order chi connectivity index (χ1) is 19.0. The van der Waals surface area contributed by atoms with E-state index in [0.29, 0.717) is 36.2 Å². The largest absolute Gasteiger partial charge is 0.493 e. The number of piperazine rings is 1. The molecule has 206 valence electrons. The minimum absolute atomic E-state index is 0.140. The van der Waals surface area contributed by atoms with Gasteiger partial charge in [-0.1, -0.05) is 6.07 Å². The van der Waals surface area contributed by atoms with Gasteiger partial charge in [0.15, 0.2) is 23.0 Å². The lowest BCUT2D eigenvalue weighted by Crippen LogP contribution is -2.46. The van der Waals surface area contributed by atoms with Crippen LogP contribution in [0, 0.1) is 10.1 Å². The Morgan fingerprint density at radius 2 is 1.67 bits per heavy atom. The van der Waals surface area contributed by atoms with Crippen LogP contribution in [-0.2, 0) is 13.1 Å². The van der Waals surface area contributed by atoms with Crippen molar-refractivity contribution in [3.8, 4) is 28.7 Å². The second kappa shape index (κ2) is 11.5. The second-order valence-corrected chi connectivity index (χ2v) is 8.99. The fraction of sp³-hybridized carbons (Fsp3) is 0.385. The molecule has 1 N–H and O–H groups in total. The molecule has 0 bridgehead atoms. The van der Waals surface area contributed by atoms with E-state index in [0.717, 1.165) is 42.3 Å². The summed E-state index contributed by atoms with van der Waals surface area (Å²) in [6.45, 7) is 3.88. The van der Waals surface area contributed by atoms with Crippen molar-refractivity contribution in [2.75, 3.05) is 64.5 Å².